The zero-order valence-electron chi connectivity index (χ0n) is 29.6. The minimum absolute atomic E-state index is 0.0652. The van der Waals surface area contributed by atoms with Crippen LogP contribution in [0.4, 0.5) is 0 Å². The third-order valence-electron chi connectivity index (χ3n) is 10.1. The molecule has 0 unspecified atom stereocenters. The minimum Gasteiger partial charge on any atom is -0.454 e. The fraction of sp³-hybridized carbons (Fsp3) is 0.600. The van der Waals surface area contributed by atoms with Gasteiger partial charge in [0.05, 0.1) is 24.7 Å². The van der Waals surface area contributed by atoms with E-state index >= 15 is 0 Å². The average Bonchev–Trinajstić information content (AvgIpc) is 3.30. The van der Waals surface area contributed by atoms with Crippen LogP contribution >= 0.6 is 0 Å². The molecule has 270 valence electrons. The Hall–Kier alpha value is -2.51. The highest BCUT2D eigenvalue weighted by molar-refractivity contribution is 6.84. The Balaban J connectivity index is 1.61. The molecule has 6 atom stereocenters. The molecule has 0 bridgehead atoms. The summed E-state index contributed by atoms with van der Waals surface area (Å²) in [5, 5.41) is 24.7. The average molecular weight is 718 g/mol. The molecular formula is C35H51NO11Si2. The van der Waals surface area contributed by atoms with Crippen molar-refractivity contribution < 1.29 is 51.8 Å². The summed E-state index contributed by atoms with van der Waals surface area (Å²) in [7, 11) is -6.57. The fourth-order valence-electron chi connectivity index (χ4n) is 7.49. The molecule has 3 N–H and O–H groups in total. The zero-order valence-corrected chi connectivity index (χ0v) is 31.6. The van der Waals surface area contributed by atoms with Crippen LogP contribution < -0.4 is 5.48 Å². The second-order valence-electron chi connectivity index (χ2n) is 14.5. The van der Waals surface area contributed by atoms with Gasteiger partial charge in [0.15, 0.2) is 12.9 Å². The molecule has 3 fully saturated rings. The summed E-state index contributed by atoms with van der Waals surface area (Å²) < 4.78 is 38.7. The molecule has 2 heterocycles. The van der Waals surface area contributed by atoms with Crippen molar-refractivity contribution in [3.63, 3.8) is 0 Å². The number of benzene rings is 2. The summed E-state index contributed by atoms with van der Waals surface area (Å²) in [5.74, 6) is -4.01. The lowest BCUT2D eigenvalue weighted by Crippen LogP contribution is -2.81. The third kappa shape index (κ3) is 6.80. The van der Waals surface area contributed by atoms with Crippen molar-refractivity contribution in [1.29, 1.82) is 0 Å². The molecule has 5 rings (SSSR count). The first-order chi connectivity index (χ1) is 23.1. The number of carbonyl (C=O) groups is 2. The van der Waals surface area contributed by atoms with E-state index in [9.17, 15) is 19.8 Å². The van der Waals surface area contributed by atoms with E-state index in [-0.39, 0.29) is 40.8 Å². The molecule has 0 amide bonds. The first-order valence-corrected chi connectivity index (χ1v) is 21.0. The van der Waals surface area contributed by atoms with Crippen LogP contribution in [0.15, 0.2) is 60.7 Å². The monoisotopic (exact) mass is 717 g/mol. The molecule has 2 aromatic rings. The Kier molecular flexibility index (Phi) is 11.3. The Morgan fingerprint density at radius 2 is 1.45 bits per heavy atom. The predicted octanol–water partition coefficient (Wildman–Crippen LogP) is 4.98. The highest BCUT2D eigenvalue weighted by Crippen LogP contribution is 2.55. The summed E-state index contributed by atoms with van der Waals surface area (Å²) in [6.07, 6.45) is -6.06. The van der Waals surface area contributed by atoms with Crippen molar-refractivity contribution >= 4 is 29.1 Å². The van der Waals surface area contributed by atoms with Gasteiger partial charge in [-0.15, -0.1) is 0 Å². The SMILES string of the molecule is CC(C)[Si]1(C(C)C)O[C@H]2[C@@H](O[Si](C(C)C)(C(C)C)O1)[C@@]1(NOCc3ccccc3)CC(=O)O[C@H]1[C@](O)(OCOC(=O)c1ccccc1)[C@H]2O. The van der Waals surface area contributed by atoms with Crippen molar-refractivity contribution in [2.45, 2.75) is 126 Å². The second-order valence-corrected chi connectivity index (χ2v) is 23.3. The number of rotatable bonds is 12. The maximum Gasteiger partial charge on any atom is 0.340 e. The van der Waals surface area contributed by atoms with E-state index in [1.807, 2.05) is 58.0 Å². The Morgan fingerprint density at radius 3 is 2.02 bits per heavy atom. The molecule has 2 saturated heterocycles. The van der Waals surface area contributed by atoms with Crippen molar-refractivity contribution in [3.8, 4) is 0 Å². The molecule has 3 aliphatic rings. The number of nitrogens with one attached hydrogen (secondary N) is 1. The normalized spacial score (nSPS) is 30.6. The van der Waals surface area contributed by atoms with Crippen molar-refractivity contribution in [3.05, 3.63) is 71.8 Å². The van der Waals surface area contributed by atoms with Crippen LogP contribution in [-0.4, -0.2) is 81.8 Å². The highest BCUT2D eigenvalue weighted by atomic mass is 28.5. The van der Waals surface area contributed by atoms with Crippen molar-refractivity contribution in [1.82, 2.24) is 5.48 Å². The molecule has 2 aliphatic heterocycles. The number of hydrogen-bond acceptors (Lipinski definition) is 12. The van der Waals surface area contributed by atoms with Crippen LogP contribution in [0.1, 0.15) is 77.7 Å². The van der Waals surface area contributed by atoms with E-state index in [0.29, 0.717) is 0 Å². The largest absolute Gasteiger partial charge is 0.454 e. The van der Waals surface area contributed by atoms with Gasteiger partial charge in [-0.25, -0.2) is 4.79 Å². The molecule has 2 aromatic carbocycles. The van der Waals surface area contributed by atoms with E-state index in [1.165, 1.54) is 0 Å². The maximum atomic E-state index is 13.4. The lowest BCUT2D eigenvalue weighted by Gasteiger charge is -2.55. The van der Waals surface area contributed by atoms with Crippen molar-refractivity contribution in [2.75, 3.05) is 6.79 Å². The molecule has 12 nitrogen and oxygen atoms in total. The number of hydrogen-bond donors (Lipinski definition) is 3. The standard InChI is InChI=1S/C35H51NO11Si2/c1-22(2)48(23(3)4)45-29-30(38)35(40,42-21-41-32(39)27-17-13-10-14-18-27)33-34(19-28(37)44-33,36-43-20-26-15-11-9-12-16-26)31(29)46-49(47-48,24(5)6)25(7)8/h9-18,22-25,29-31,33,36,38,40H,19-21H2,1-8H3/t29-,30+,31-,33-,34+,35-/m1/s1. The Bertz CT molecular complexity index is 1430. The van der Waals surface area contributed by atoms with E-state index in [4.69, 9.17) is 32.0 Å². The molecular weight excluding hydrogens is 667 g/mol. The highest BCUT2D eigenvalue weighted by Gasteiger charge is 2.77. The van der Waals surface area contributed by atoms with Gasteiger partial charge in [-0.05, 0) is 39.9 Å². The summed E-state index contributed by atoms with van der Waals surface area (Å²) >= 11 is 0. The van der Waals surface area contributed by atoms with Gasteiger partial charge in [-0.1, -0.05) is 104 Å². The van der Waals surface area contributed by atoms with Gasteiger partial charge in [0.1, 0.15) is 17.7 Å². The lowest BCUT2D eigenvalue weighted by atomic mass is 9.70. The smallest absolute Gasteiger partial charge is 0.340 e. The number of esters is 2. The molecule has 0 radical (unpaired) electrons. The third-order valence-corrected chi connectivity index (χ3v) is 20.3. The number of aliphatic hydroxyl groups excluding tert-OH is 1. The lowest BCUT2D eigenvalue weighted by molar-refractivity contribution is -0.367. The van der Waals surface area contributed by atoms with Gasteiger partial charge in [-0.3, -0.25) is 9.63 Å². The molecule has 1 aliphatic carbocycles. The quantitative estimate of drug-likeness (QED) is 0.118. The summed E-state index contributed by atoms with van der Waals surface area (Å²) in [4.78, 5) is 32.3. The molecule has 1 saturated carbocycles. The number of aliphatic hydroxyl groups is 2. The molecule has 0 aromatic heterocycles. The number of ether oxygens (including phenoxy) is 3. The van der Waals surface area contributed by atoms with Crippen LogP contribution in [-0.2, 0) is 43.4 Å². The van der Waals surface area contributed by atoms with Gasteiger partial charge >= 0.3 is 29.1 Å². The first-order valence-electron chi connectivity index (χ1n) is 17.1. The fourth-order valence-corrected chi connectivity index (χ4v) is 18.8. The minimum atomic E-state index is -3.30. The number of carbonyl (C=O) groups excluding carboxylic acids is 2. The van der Waals surface area contributed by atoms with Gasteiger partial charge in [-0.2, -0.15) is 5.48 Å². The van der Waals surface area contributed by atoms with Crippen LogP contribution in [0.5, 0.6) is 0 Å². The van der Waals surface area contributed by atoms with E-state index < -0.39 is 71.6 Å². The Morgan fingerprint density at radius 1 is 0.898 bits per heavy atom. The maximum absolute atomic E-state index is 13.4. The summed E-state index contributed by atoms with van der Waals surface area (Å²) in [5.41, 5.74) is 2.25. The van der Waals surface area contributed by atoms with Crippen LogP contribution in [0.3, 0.4) is 0 Å². The van der Waals surface area contributed by atoms with E-state index in [2.05, 4.69) is 33.2 Å². The number of hydroxylamine groups is 1. The predicted molar refractivity (Wildman–Crippen MR) is 183 cm³/mol. The van der Waals surface area contributed by atoms with Crippen LogP contribution in [0.2, 0.25) is 22.2 Å². The van der Waals surface area contributed by atoms with Gasteiger partial charge in [0.25, 0.3) is 0 Å². The van der Waals surface area contributed by atoms with Crippen LogP contribution in [0, 0.1) is 0 Å². The molecule has 49 heavy (non-hydrogen) atoms. The first kappa shape index (κ1) is 37.7. The molecule has 14 heteroatoms. The Labute approximate surface area is 290 Å². The van der Waals surface area contributed by atoms with Crippen molar-refractivity contribution in [2.24, 2.45) is 0 Å². The van der Waals surface area contributed by atoms with Crippen LogP contribution in [0.25, 0.3) is 0 Å². The zero-order chi connectivity index (χ0) is 35.8. The summed E-state index contributed by atoms with van der Waals surface area (Å²) in [6, 6.07) is 17.7. The van der Waals surface area contributed by atoms with E-state index in [0.717, 1.165) is 5.56 Å². The topological polar surface area (TPSA) is 151 Å². The van der Waals surface area contributed by atoms with E-state index in [1.54, 1.807) is 30.3 Å². The summed E-state index contributed by atoms with van der Waals surface area (Å²) in [6.45, 7) is 15.7. The number of fused-ring (bicyclic) bond motifs is 3. The van der Waals surface area contributed by atoms with Gasteiger partial charge < -0.3 is 37.4 Å². The van der Waals surface area contributed by atoms with Gasteiger partial charge in [0.2, 0.25) is 5.79 Å². The molecule has 0 spiro atoms. The second kappa shape index (κ2) is 14.6. The van der Waals surface area contributed by atoms with Gasteiger partial charge in [0, 0.05) is 0 Å².